The maximum Gasteiger partial charge on any atom is 0.257 e. The van der Waals surface area contributed by atoms with Crippen LogP contribution in [0.1, 0.15) is 44.7 Å². The molecule has 2 N–H and O–H groups in total. The van der Waals surface area contributed by atoms with E-state index in [1.165, 1.54) is 12.1 Å². The van der Waals surface area contributed by atoms with Gasteiger partial charge in [0.05, 0.1) is 4.90 Å². The predicted molar refractivity (Wildman–Crippen MR) is 110 cm³/mol. The maximum absolute atomic E-state index is 12.5. The Morgan fingerprint density at radius 1 is 1.04 bits per heavy atom. The molecule has 152 valence electrons. The fraction of sp³-hybridized carbons (Fsp3) is 0.381. The number of hydrogen-bond donors (Lipinski definition) is 2. The van der Waals surface area contributed by atoms with Gasteiger partial charge in [0, 0.05) is 12.6 Å². The summed E-state index contributed by atoms with van der Waals surface area (Å²) in [5.74, 6) is 0.255. The molecule has 0 radical (unpaired) electrons. The summed E-state index contributed by atoms with van der Waals surface area (Å²) >= 11 is 0. The van der Waals surface area contributed by atoms with Crippen molar-refractivity contribution >= 4 is 15.9 Å². The van der Waals surface area contributed by atoms with Gasteiger partial charge in [-0.3, -0.25) is 4.79 Å². The summed E-state index contributed by atoms with van der Waals surface area (Å²) in [5, 5.41) is 2.79. The van der Waals surface area contributed by atoms with Gasteiger partial charge in [0.1, 0.15) is 5.75 Å². The number of unbranched alkanes of at least 4 members (excludes halogenated alkanes) is 2. The lowest BCUT2D eigenvalue weighted by Crippen LogP contribution is -2.29. The highest BCUT2D eigenvalue weighted by molar-refractivity contribution is 7.89. The molecular weight excluding hydrogens is 376 g/mol. The normalized spacial score (nSPS) is 12.4. The van der Waals surface area contributed by atoms with Crippen molar-refractivity contribution in [1.82, 2.24) is 10.0 Å². The van der Waals surface area contributed by atoms with Crippen LogP contribution in [0.2, 0.25) is 0 Å². The molecule has 2 rings (SSSR count). The molecule has 0 bridgehead atoms. The molecule has 28 heavy (non-hydrogen) atoms. The van der Waals surface area contributed by atoms with Crippen LogP contribution < -0.4 is 14.8 Å². The Bertz CT molecular complexity index is 836. The summed E-state index contributed by atoms with van der Waals surface area (Å²) in [7, 11) is -3.66. The minimum absolute atomic E-state index is 0.0957. The van der Waals surface area contributed by atoms with E-state index in [4.69, 9.17) is 4.74 Å². The van der Waals surface area contributed by atoms with Gasteiger partial charge in [-0.25, -0.2) is 13.1 Å². The fourth-order valence-corrected chi connectivity index (χ4v) is 3.86. The number of carbonyl (C=O) groups excluding carboxylic acids is 1. The molecule has 0 fully saturated rings. The van der Waals surface area contributed by atoms with Crippen LogP contribution in [-0.2, 0) is 14.8 Å². The average Bonchev–Trinajstić information content (AvgIpc) is 2.70. The number of sulfonamides is 1. The monoisotopic (exact) mass is 404 g/mol. The number of hydrogen-bond acceptors (Lipinski definition) is 4. The second kappa shape index (κ2) is 10.8. The summed E-state index contributed by atoms with van der Waals surface area (Å²) in [5.41, 5.74) is 0.885. The van der Waals surface area contributed by atoms with E-state index < -0.39 is 10.0 Å². The lowest BCUT2D eigenvalue weighted by atomic mass is 10.1. The largest absolute Gasteiger partial charge is 0.484 e. The highest BCUT2D eigenvalue weighted by Crippen LogP contribution is 2.19. The number of ether oxygens (including phenoxy) is 1. The Labute approximate surface area is 167 Å². The summed E-state index contributed by atoms with van der Waals surface area (Å²) in [4.78, 5) is 11.9. The number of nitrogens with one attached hydrogen (secondary N) is 2. The molecule has 6 nitrogen and oxygen atoms in total. The average molecular weight is 405 g/mol. The predicted octanol–water partition coefficient (Wildman–Crippen LogP) is 3.41. The Balaban J connectivity index is 1.87. The second-order valence-corrected chi connectivity index (χ2v) is 8.28. The lowest BCUT2D eigenvalue weighted by Gasteiger charge is -2.15. The van der Waals surface area contributed by atoms with Gasteiger partial charge in [-0.1, -0.05) is 50.1 Å². The highest BCUT2D eigenvalue weighted by Gasteiger charge is 2.18. The van der Waals surface area contributed by atoms with E-state index in [0.717, 1.165) is 24.8 Å². The lowest BCUT2D eigenvalue weighted by molar-refractivity contribution is -0.123. The van der Waals surface area contributed by atoms with Crippen molar-refractivity contribution in [3.05, 3.63) is 60.2 Å². The summed E-state index contributed by atoms with van der Waals surface area (Å²) in [6, 6.07) is 15.0. The van der Waals surface area contributed by atoms with E-state index in [9.17, 15) is 13.2 Å². The van der Waals surface area contributed by atoms with Gasteiger partial charge in [-0.05, 0) is 43.2 Å². The van der Waals surface area contributed by atoms with E-state index in [0.29, 0.717) is 12.3 Å². The zero-order chi connectivity index (χ0) is 20.4. The zero-order valence-electron chi connectivity index (χ0n) is 16.4. The van der Waals surface area contributed by atoms with Gasteiger partial charge in [0.2, 0.25) is 10.0 Å². The molecule has 0 aliphatic carbocycles. The molecule has 0 saturated heterocycles. The van der Waals surface area contributed by atoms with Crippen molar-refractivity contribution in [3.63, 3.8) is 0 Å². The number of carbonyl (C=O) groups is 1. The van der Waals surface area contributed by atoms with E-state index in [1.807, 2.05) is 30.3 Å². The third kappa shape index (κ3) is 6.98. The minimum atomic E-state index is -3.66. The second-order valence-electron chi connectivity index (χ2n) is 6.57. The molecule has 2 aromatic carbocycles. The van der Waals surface area contributed by atoms with Crippen molar-refractivity contribution in [3.8, 4) is 5.75 Å². The van der Waals surface area contributed by atoms with Crippen LogP contribution in [0.25, 0.3) is 0 Å². The van der Waals surface area contributed by atoms with Gasteiger partial charge >= 0.3 is 0 Å². The standard InChI is InChI=1S/C21H28N2O4S/c1-3-4-8-15-22-21(24)16-27-19-11-13-20(14-12-19)28(25,26)23-17(2)18-9-6-5-7-10-18/h5-7,9-14,17,23H,3-4,8,15-16H2,1-2H3,(H,22,24)/t17-/m1/s1. The third-order valence-corrected chi connectivity index (χ3v) is 5.79. The molecule has 2 aromatic rings. The van der Waals surface area contributed by atoms with Crippen LogP contribution >= 0.6 is 0 Å². The smallest absolute Gasteiger partial charge is 0.257 e. The van der Waals surface area contributed by atoms with Crippen molar-refractivity contribution in [1.29, 1.82) is 0 Å². The highest BCUT2D eigenvalue weighted by atomic mass is 32.2. The van der Waals surface area contributed by atoms with Crippen LogP contribution in [-0.4, -0.2) is 27.5 Å². The number of rotatable bonds is 11. The molecule has 1 atom stereocenters. The molecule has 1 amide bonds. The number of benzene rings is 2. The van der Waals surface area contributed by atoms with Gasteiger partial charge in [-0.2, -0.15) is 0 Å². The first-order valence-corrected chi connectivity index (χ1v) is 11.0. The van der Waals surface area contributed by atoms with Crippen molar-refractivity contribution < 1.29 is 17.9 Å². The first kappa shape index (κ1) is 21.9. The summed E-state index contributed by atoms with van der Waals surface area (Å²) in [6.45, 7) is 4.44. The van der Waals surface area contributed by atoms with Crippen molar-refractivity contribution in [2.75, 3.05) is 13.2 Å². The molecule has 7 heteroatoms. The van der Waals surface area contributed by atoms with Crippen LogP contribution in [0.4, 0.5) is 0 Å². The molecule has 0 aliphatic rings. The molecular formula is C21H28N2O4S. The maximum atomic E-state index is 12.5. The molecule has 0 aromatic heterocycles. The first-order valence-electron chi connectivity index (χ1n) is 9.49. The molecule has 0 unspecified atom stereocenters. The van der Waals surface area contributed by atoms with Crippen LogP contribution in [0.15, 0.2) is 59.5 Å². The topological polar surface area (TPSA) is 84.5 Å². The van der Waals surface area contributed by atoms with E-state index in [2.05, 4.69) is 17.0 Å². The first-order chi connectivity index (χ1) is 13.4. The van der Waals surface area contributed by atoms with Gasteiger partial charge in [0.25, 0.3) is 5.91 Å². The van der Waals surface area contributed by atoms with E-state index >= 15 is 0 Å². The van der Waals surface area contributed by atoms with Gasteiger partial charge in [-0.15, -0.1) is 0 Å². The van der Waals surface area contributed by atoms with E-state index in [-0.39, 0.29) is 23.5 Å². The molecule has 0 heterocycles. The Hall–Kier alpha value is -2.38. The summed E-state index contributed by atoms with van der Waals surface area (Å²) in [6.07, 6.45) is 3.12. The molecule has 0 aliphatic heterocycles. The van der Waals surface area contributed by atoms with Crippen LogP contribution in [0.3, 0.4) is 0 Å². The van der Waals surface area contributed by atoms with Crippen LogP contribution in [0, 0.1) is 0 Å². The fourth-order valence-electron chi connectivity index (χ4n) is 2.63. The minimum Gasteiger partial charge on any atom is -0.484 e. The third-order valence-electron chi connectivity index (χ3n) is 4.24. The van der Waals surface area contributed by atoms with E-state index in [1.54, 1.807) is 19.1 Å². The van der Waals surface area contributed by atoms with Gasteiger partial charge in [0.15, 0.2) is 6.61 Å². The Kier molecular flexibility index (Phi) is 8.47. The molecule has 0 spiro atoms. The summed E-state index contributed by atoms with van der Waals surface area (Å²) < 4.78 is 33.2. The van der Waals surface area contributed by atoms with Gasteiger partial charge < -0.3 is 10.1 Å². The zero-order valence-corrected chi connectivity index (χ0v) is 17.2. The SMILES string of the molecule is CCCCCNC(=O)COc1ccc(S(=O)(=O)N[C@H](C)c2ccccc2)cc1. The molecule has 0 saturated carbocycles. The quantitative estimate of drug-likeness (QED) is 0.562. The van der Waals surface area contributed by atoms with Crippen LogP contribution in [0.5, 0.6) is 5.75 Å². The van der Waals surface area contributed by atoms with Crippen molar-refractivity contribution in [2.45, 2.75) is 44.0 Å². The van der Waals surface area contributed by atoms with Crippen molar-refractivity contribution in [2.24, 2.45) is 0 Å². The Morgan fingerprint density at radius 3 is 2.36 bits per heavy atom. The Morgan fingerprint density at radius 2 is 1.71 bits per heavy atom. The number of amides is 1.